The predicted octanol–water partition coefficient (Wildman–Crippen LogP) is 19.6. The molecule has 12 aromatic carbocycles. The molecule has 344 valence electrons. The molecule has 0 amide bonds. The number of hydrogen-bond acceptors (Lipinski definition) is 4. The van der Waals surface area contributed by atoms with E-state index in [2.05, 4.69) is 242 Å². The van der Waals surface area contributed by atoms with Crippen molar-refractivity contribution in [1.29, 1.82) is 0 Å². The number of benzene rings is 12. The van der Waals surface area contributed by atoms with E-state index in [1.165, 1.54) is 66.1 Å². The van der Waals surface area contributed by atoms with E-state index in [-0.39, 0.29) is 5.41 Å². The standard InChI is InChI=1S/C69H46N2O2/c1-69(2)57-18-6-5-17-51(57)54-40-47(33-38-58(54)69)44-27-30-45(31-28-44)67-52-36-34-50(71-61-21-9-13-25-65(61)73-66-26-14-10-22-62(66)71)42-56(52)68(48-32-29-43-15-3-4-16-46(43)39-48)53-37-35-49(41-55(53)67)70-59-19-7-11-23-63(59)72-64-24-12-8-20-60(64)70/h3-42H,1-2H3. The maximum absolute atomic E-state index is 6.53. The predicted molar refractivity (Wildman–Crippen MR) is 302 cm³/mol. The molecule has 73 heavy (non-hydrogen) atoms. The average molecular weight is 935 g/mol. The van der Waals surface area contributed by atoms with Gasteiger partial charge in [0, 0.05) is 16.8 Å². The Kier molecular flexibility index (Phi) is 8.97. The summed E-state index contributed by atoms with van der Waals surface area (Å²) in [7, 11) is 0. The molecule has 0 N–H and O–H groups in total. The number of rotatable bonds is 5. The molecule has 1 aliphatic carbocycles. The van der Waals surface area contributed by atoms with Crippen LogP contribution in [0.1, 0.15) is 25.0 Å². The fourth-order valence-electron chi connectivity index (χ4n) is 12.1. The molecule has 0 fully saturated rings. The minimum atomic E-state index is -0.0475. The Bertz CT molecular complexity index is 4170. The number of ether oxygens (including phenoxy) is 2. The van der Waals surface area contributed by atoms with Gasteiger partial charge in [-0.15, -0.1) is 0 Å². The molecule has 3 aliphatic rings. The Morgan fingerprint density at radius 2 is 0.740 bits per heavy atom. The summed E-state index contributed by atoms with van der Waals surface area (Å²) in [6.45, 7) is 4.69. The molecule has 0 unspecified atom stereocenters. The van der Waals surface area contributed by atoms with Crippen LogP contribution in [-0.2, 0) is 5.41 Å². The minimum absolute atomic E-state index is 0.0475. The van der Waals surface area contributed by atoms with Crippen LogP contribution in [0, 0.1) is 0 Å². The fraction of sp³-hybridized carbons (Fsp3) is 0.0435. The number of para-hydroxylation sites is 8. The Hall–Kier alpha value is -9.38. The van der Waals surface area contributed by atoms with Crippen molar-refractivity contribution in [1.82, 2.24) is 0 Å². The van der Waals surface area contributed by atoms with Crippen LogP contribution < -0.4 is 19.3 Å². The Labute approximate surface area is 424 Å². The van der Waals surface area contributed by atoms with Crippen molar-refractivity contribution in [2.24, 2.45) is 0 Å². The van der Waals surface area contributed by atoms with Gasteiger partial charge in [0.15, 0.2) is 23.0 Å². The maximum atomic E-state index is 6.53. The SMILES string of the molecule is CC1(C)c2ccccc2-c2cc(-c3ccc(-c4c5ccc(N6c7ccccc7Oc7ccccc76)cc5c(-c5ccc6ccccc6c5)c5ccc(N6c7ccccc7Oc7ccccc76)cc45)cc3)ccc21. The van der Waals surface area contributed by atoms with E-state index >= 15 is 0 Å². The minimum Gasteiger partial charge on any atom is -0.453 e. The van der Waals surface area contributed by atoms with Crippen LogP contribution in [0.15, 0.2) is 243 Å². The van der Waals surface area contributed by atoms with Gasteiger partial charge < -0.3 is 19.3 Å². The second-order valence-electron chi connectivity index (χ2n) is 20.0. The van der Waals surface area contributed by atoms with Gasteiger partial charge in [-0.2, -0.15) is 0 Å². The first-order valence-corrected chi connectivity index (χ1v) is 25.1. The summed E-state index contributed by atoms with van der Waals surface area (Å²) in [5.41, 5.74) is 18.5. The molecule has 0 radical (unpaired) electrons. The largest absolute Gasteiger partial charge is 0.453 e. The molecule has 0 spiro atoms. The zero-order chi connectivity index (χ0) is 48.4. The summed E-state index contributed by atoms with van der Waals surface area (Å²) < 4.78 is 13.1. The van der Waals surface area contributed by atoms with Gasteiger partial charge in [0.05, 0.1) is 22.7 Å². The molecule has 0 bridgehead atoms. The van der Waals surface area contributed by atoms with Gasteiger partial charge in [-0.3, -0.25) is 0 Å². The quantitative estimate of drug-likeness (QED) is 0.161. The molecule has 4 heteroatoms. The van der Waals surface area contributed by atoms with E-state index < -0.39 is 0 Å². The van der Waals surface area contributed by atoms with Gasteiger partial charge in [0.25, 0.3) is 0 Å². The zero-order valence-electron chi connectivity index (χ0n) is 40.3. The van der Waals surface area contributed by atoms with Crippen molar-refractivity contribution >= 4 is 66.4 Å². The molecule has 12 aromatic rings. The first-order valence-electron chi connectivity index (χ1n) is 25.1. The summed E-state index contributed by atoms with van der Waals surface area (Å²) in [6, 6.07) is 88.3. The lowest BCUT2D eigenvalue weighted by atomic mass is 9.82. The highest BCUT2D eigenvalue weighted by atomic mass is 16.5. The van der Waals surface area contributed by atoms with Gasteiger partial charge in [0.2, 0.25) is 0 Å². The van der Waals surface area contributed by atoms with Gasteiger partial charge >= 0.3 is 0 Å². The molecule has 0 atom stereocenters. The smallest absolute Gasteiger partial charge is 0.151 e. The van der Waals surface area contributed by atoms with Crippen molar-refractivity contribution in [2.75, 3.05) is 9.80 Å². The molecule has 4 nitrogen and oxygen atoms in total. The Balaban J connectivity index is 0.997. The third-order valence-electron chi connectivity index (χ3n) is 15.6. The maximum Gasteiger partial charge on any atom is 0.151 e. The molecule has 0 saturated carbocycles. The topological polar surface area (TPSA) is 24.9 Å². The van der Waals surface area contributed by atoms with Crippen LogP contribution in [-0.4, -0.2) is 0 Å². The van der Waals surface area contributed by atoms with E-state index in [0.717, 1.165) is 79.0 Å². The second kappa shape index (κ2) is 15.8. The summed E-state index contributed by atoms with van der Waals surface area (Å²) in [4.78, 5) is 4.70. The highest BCUT2D eigenvalue weighted by Crippen LogP contribution is 2.55. The van der Waals surface area contributed by atoms with Gasteiger partial charge in [-0.1, -0.05) is 172 Å². The first-order chi connectivity index (χ1) is 35.9. The molecule has 15 rings (SSSR count). The van der Waals surface area contributed by atoms with Crippen LogP contribution in [0.4, 0.5) is 34.1 Å². The summed E-state index contributed by atoms with van der Waals surface area (Å²) >= 11 is 0. The monoisotopic (exact) mass is 934 g/mol. The molecule has 2 heterocycles. The van der Waals surface area contributed by atoms with Crippen LogP contribution in [0.3, 0.4) is 0 Å². The number of anilines is 6. The van der Waals surface area contributed by atoms with Gasteiger partial charge in [-0.25, -0.2) is 0 Å². The molecular weight excluding hydrogens is 889 g/mol. The summed E-state index contributed by atoms with van der Waals surface area (Å²) in [5.74, 6) is 3.30. The van der Waals surface area contributed by atoms with Crippen molar-refractivity contribution in [3.8, 4) is 67.5 Å². The molecular formula is C69H46N2O2. The Morgan fingerprint density at radius 3 is 1.32 bits per heavy atom. The van der Waals surface area contributed by atoms with Crippen molar-refractivity contribution in [3.63, 3.8) is 0 Å². The van der Waals surface area contributed by atoms with E-state index in [4.69, 9.17) is 9.47 Å². The first kappa shape index (κ1) is 41.4. The molecule has 0 saturated heterocycles. The van der Waals surface area contributed by atoms with E-state index in [0.29, 0.717) is 0 Å². The van der Waals surface area contributed by atoms with Crippen molar-refractivity contribution in [2.45, 2.75) is 19.3 Å². The normalized spacial score (nSPS) is 13.6. The molecule has 0 aromatic heterocycles. The van der Waals surface area contributed by atoms with E-state index in [1.54, 1.807) is 0 Å². The highest BCUT2D eigenvalue weighted by Gasteiger charge is 2.35. The van der Waals surface area contributed by atoms with Crippen LogP contribution in [0.2, 0.25) is 0 Å². The molecule has 2 aliphatic heterocycles. The third kappa shape index (κ3) is 6.33. The lowest BCUT2D eigenvalue weighted by Gasteiger charge is -2.33. The van der Waals surface area contributed by atoms with Crippen LogP contribution in [0.25, 0.3) is 76.8 Å². The van der Waals surface area contributed by atoms with E-state index in [9.17, 15) is 0 Å². The fourth-order valence-corrected chi connectivity index (χ4v) is 12.1. The van der Waals surface area contributed by atoms with Crippen LogP contribution >= 0.6 is 0 Å². The van der Waals surface area contributed by atoms with Gasteiger partial charge in [-0.05, 0) is 173 Å². The number of nitrogens with zero attached hydrogens (tertiary/aromatic N) is 2. The van der Waals surface area contributed by atoms with Gasteiger partial charge in [0.1, 0.15) is 0 Å². The van der Waals surface area contributed by atoms with Crippen molar-refractivity contribution < 1.29 is 9.47 Å². The lowest BCUT2D eigenvalue weighted by molar-refractivity contribution is 0.477. The third-order valence-corrected chi connectivity index (χ3v) is 15.6. The summed E-state index contributed by atoms with van der Waals surface area (Å²) in [5, 5.41) is 7.06. The van der Waals surface area contributed by atoms with Crippen LogP contribution in [0.5, 0.6) is 23.0 Å². The number of fused-ring (bicyclic) bond motifs is 10. The number of hydrogen-bond donors (Lipinski definition) is 0. The van der Waals surface area contributed by atoms with Crippen molar-refractivity contribution in [3.05, 3.63) is 254 Å². The highest BCUT2D eigenvalue weighted by molar-refractivity contribution is 6.23. The van der Waals surface area contributed by atoms with E-state index in [1.807, 2.05) is 24.3 Å². The lowest BCUT2D eigenvalue weighted by Crippen LogP contribution is -2.15. The summed E-state index contributed by atoms with van der Waals surface area (Å²) in [6.07, 6.45) is 0. The second-order valence-corrected chi connectivity index (χ2v) is 20.0. The average Bonchev–Trinajstić information content (AvgIpc) is 3.69. The Morgan fingerprint density at radius 1 is 0.301 bits per heavy atom. The zero-order valence-corrected chi connectivity index (χ0v) is 40.3.